The number of methoxy groups -OCH3 is 1. The van der Waals surface area contributed by atoms with Gasteiger partial charge in [0.1, 0.15) is 11.3 Å². The van der Waals surface area contributed by atoms with E-state index in [1.54, 1.807) is 17.0 Å². The van der Waals surface area contributed by atoms with Crippen molar-refractivity contribution in [1.82, 2.24) is 19.0 Å². The topological polar surface area (TPSA) is 84.7 Å². The van der Waals surface area contributed by atoms with Crippen LogP contribution in [0.4, 0.5) is 13.2 Å². The molecule has 2 fully saturated rings. The van der Waals surface area contributed by atoms with Gasteiger partial charge in [-0.1, -0.05) is 0 Å². The van der Waals surface area contributed by atoms with Crippen LogP contribution in [0.3, 0.4) is 0 Å². The van der Waals surface area contributed by atoms with Crippen molar-refractivity contribution in [2.24, 2.45) is 0 Å². The van der Waals surface area contributed by atoms with Gasteiger partial charge in [-0.25, -0.2) is 13.1 Å². The van der Waals surface area contributed by atoms with Crippen molar-refractivity contribution >= 4 is 10.0 Å². The molecule has 12 heteroatoms. The van der Waals surface area contributed by atoms with Crippen molar-refractivity contribution in [1.29, 1.82) is 0 Å². The summed E-state index contributed by atoms with van der Waals surface area (Å²) in [5, 5.41) is 4.15. The first-order valence-corrected chi connectivity index (χ1v) is 11.6. The zero-order valence-electron chi connectivity index (χ0n) is 17.4. The third-order valence-electron chi connectivity index (χ3n) is 5.66. The second-order valence-corrected chi connectivity index (χ2v) is 9.84. The number of hydrogen-bond acceptors (Lipinski definition) is 6. The number of nitrogens with zero attached hydrogens (tertiary/aromatic N) is 4. The molecule has 1 aromatic carbocycles. The maximum Gasteiger partial charge on any atom is 0.421 e. The number of piperazine rings is 1. The minimum Gasteiger partial charge on any atom is -0.497 e. The van der Waals surface area contributed by atoms with E-state index in [0.29, 0.717) is 5.75 Å². The Balaban J connectivity index is 1.47. The summed E-state index contributed by atoms with van der Waals surface area (Å²) in [6, 6.07) is 6.91. The molecule has 1 aliphatic heterocycles. The van der Waals surface area contributed by atoms with Crippen molar-refractivity contribution in [3.8, 4) is 5.75 Å². The molecule has 1 saturated carbocycles. The maximum atomic E-state index is 13.3. The Labute approximate surface area is 183 Å². The molecule has 32 heavy (non-hydrogen) atoms. The highest BCUT2D eigenvalue weighted by molar-refractivity contribution is 7.89. The van der Waals surface area contributed by atoms with Crippen molar-refractivity contribution in [3.63, 3.8) is 0 Å². The van der Waals surface area contributed by atoms with Gasteiger partial charge in [0.15, 0.2) is 0 Å². The van der Waals surface area contributed by atoms with E-state index < -0.39 is 27.3 Å². The Morgan fingerprint density at radius 1 is 1.09 bits per heavy atom. The van der Waals surface area contributed by atoms with Crippen molar-refractivity contribution in [2.45, 2.75) is 36.5 Å². The average Bonchev–Trinajstić information content (AvgIpc) is 3.60. The van der Waals surface area contributed by atoms with Crippen LogP contribution >= 0.6 is 0 Å². The standard InChI is InChI=1S/C20H23F3N4O4S/c1-31-15-4-6-16(7-5-15)32(29,30)26-10-8-25(9-11-26)13-27-19(28)17(20(21,22)23)12-18(24-27)14-2-3-14/h4-7,12,14H,2-3,8-11,13H2,1H3. The Kier molecular flexibility index (Phi) is 6.03. The fraction of sp³-hybridized carbons (Fsp3) is 0.500. The molecule has 0 radical (unpaired) electrons. The van der Waals surface area contributed by atoms with E-state index in [2.05, 4.69) is 5.10 Å². The molecule has 2 heterocycles. The van der Waals surface area contributed by atoms with E-state index in [4.69, 9.17) is 4.74 Å². The summed E-state index contributed by atoms with van der Waals surface area (Å²) in [4.78, 5) is 14.2. The largest absolute Gasteiger partial charge is 0.497 e. The minimum atomic E-state index is -4.75. The van der Waals surface area contributed by atoms with E-state index in [1.807, 2.05) is 0 Å². The van der Waals surface area contributed by atoms with Crippen LogP contribution in [0.15, 0.2) is 40.0 Å². The van der Waals surface area contributed by atoms with E-state index >= 15 is 0 Å². The SMILES string of the molecule is COc1ccc(S(=O)(=O)N2CCN(Cn3nc(C4CC4)cc(C(F)(F)F)c3=O)CC2)cc1. The van der Waals surface area contributed by atoms with Crippen LogP contribution in [0.1, 0.15) is 30.0 Å². The lowest BCUT2D eigenvalue weighted by atomic mass is 10.2. The highest BCUT2D eigenvalue weighted by atomic mass is 32.2. The van der Waals surface area contributed by atoms with E-state index in [9.17, 15) is 26.4 Å². The smallest absolute Gasteiger partial charge is 0.421 e. The Bertz CT molecular complexity index is 1140. The fourth-order valence-corrected chi connectivity index (χ4v) is 5.06. The number of sulfonamides is 1. The van der Waals surface area contributed by atoms with Gasteiger partial charge in [0.25, 0.3) is 5.56 Å². The molecule has 0 amide bonds. The number of ether oxygens (including phenoxy) is 1. The van der Waals surface area contributed by atoms with Gasteiger partial charge >= 0.3 is 6.18 Å². The summed E-state index contributed by atoms with van der Waals surface area (Å²) < 4.78 is 72.9. The fourth-order valence-electron chi connectivity index (χ4n) is 3.64. The van der Waals surface area contributed by atoms with Gasteiger partial charge < -0.3 is 4.74 Å². The molecule has 4 rings (SSSR count). The van der Waals surface area contributed by atoms with Crippen molar-refractivity contribution in [2.75, 3.05) is 33.3 Å². The van der Waals surface area contributed by atoms with Crippen LogP contribution < -0.4 is 10.3 Å². The predicted molar refractivity (Wildman–Crippen MR) is 109 cm³/mol. The zero-order chi connectivity index (χ0) is 23.1. The predicted octanol–water partition coefficient (Wildman–Crippen LogP) is 2.11. The number of rotatable bonds is 6. The van der Waals surface area contributed by atoms with Crippen LogP contribution in [0, 0.1) is 0 Å². The molecular weight excluding hydrogens is 449 g/mol. The van der Waals surface area contributed by atoms with Gasteiger partial charge in [-0.3, -0.25) is 9.69 Å². The molecular formula is C20H23F3N4O4S. The van der Waals surface area contributed by atoms with Gasteiger partial charge in [-0.2, -0.15) is 22.6 Å². The summed E-state index contributed by atoms with van der Waals surface area (Å²) in [7, 11) is -2.22. The van der Waals surface area contributed by atoms with Gasteiger partial charge in [-0.05, 0) is 43.2 Å². The third kappa shape index (κ3) is 4.66. The Morgan fingerprint density at radius 3 is 2.25 bits per heavy atom. The second-order valence-electron chi connectivity index (χ2n) is 7.90. The molecule has 0 unspecified atom stereocenters. The van der Waals surface area contributed by atoms with Gasteiger partial charge in [-0.15, -0.1) is 0 Å². The van der Waals surface area contributed by atoms with Gasteiger partial charge in [0.2, 0.25) is 10.0 Å². The normalized spacial score (nSPS) is 18.6. The average molecular weight is 472 g/mol. The summed E-state index contributed by atoms with van der Waals surface area (Å²) >= 11 is 0. The highest BCUT2D eigenvalue weighted by Gasteiger charge is 2.38. The van der Waals surface area contributed by atoms with Crippen LogP contribution in [0.25, 0.3) is 0 Å². The molecule has 0 atom stereocenters. The van der Waals surface area contributed by atoms with Gasteiger partial charge in [0, 0.05) is 32.1 Å². The molecule has 0 bridgehead atoms. The molecule has 1 saturated heterocycles. The number of hydrogen-bond donors (Lipinski definition) is 0. The second kappa shape index (κ2) is 8.49. The summed E-state index contributed by atoms with van der Waals surface area (Å²) in [5.74, 6) is 0.493. The summed E-state index contributed by atoms with van der Waals surface area (Å²) in [6.45, 7) is 0.699. The molecule has 1 aromatic heterocycles. The number of alkyl halides is 3. The van der Waals surface area contributed by atoms with Crippen LogP contribution in [0.5, 0.6) is 5.75 Å². The number of aromatic nitrogens is 2. The van der Waals surface area contributed by atoms with Crippen molar-refractivity contribution < 1.29 is 26.3 Å². The molecule has 2 aliphatic rings. The molecule has 174 valence electrons. The first kappa shape index (κ1) is 22.7. The number of benzene rings is 1. The molecule has 1 aliphatic carbocycles. The third-order valence-corrected chi connectivity index (χ3v) is 7.57. The number of halogens is 3. The van der Waals surface area contributed by atoms with Crippen LogP contribution in [0.2, 0.25) is 0 Å². The minimum absolute atomic E-state index is 0.0468. The monoisotopic (exact) mass is 472 g/mol. The van der Waals surface area contributed by atoms with E-state index in [-0.39, 0.29) is 49.4 Å². The van der Waals surface area contributed by atoms with E-state index in [0.717, 1.165) is 23.6 Å². The Morgan fingerprint density at radius 2 is 1.72 bits per heavy atom. The summed E-state index contributed by atoms with van der Waals surface area (Å²) in [5.41, 5.74) is -2.12. The first-order valence-electron chi connectivity index (χ1n) is 10.2. The lowest BCUT2D eigenvalue weighted by Crippen LogP contribution is -2.50. The molecule has 8 nitrogen and oxygen atoms in total. The highest BCUT2D eigenvalue weighted by Crippen LogP contribution is 2.40. The molecule has 0 N–H and O–H groups in total. The molecule has 0 spiro atoms. The summed E-state index contributed by atoms with van der Waals surface area (Å²) in [6.07, 6.45) is -3.24. The van der Waals surface area contributed by atoms with E-state index in [1.165, 1.54) is 23.5 Å². The van der Waals surface area contributed by atoms with Crippen molar-refractivity contribution in [3.05, 3.63) is 51.9 Å². The lowest BCUT2D eigenvalue weighted by Gasteiger charge is -2.34. The van der Waals surface area contributed by atoms with Crippen LogP contribution in [-0.2, 0) is 22.9 Å². The lowest BCUT2D eigenvalue weighted by molar-refractivity contribution is -0.139. The quantitative estimate of drug-likeness (QED) is 0.641. The van der Waals surface area contributed by atoms with Crippen LogP contribution in [-0.4, -0.2) is 60.7 Å². The van der Waals surface area contributed by atoms with Gasteiger partial charge in [0.05, 0.1) is 24.4 Å². The maximum absolute atomic E-state index is 13.3. The first-order chi connectivity index (χ1) is 15.1. The molecule has 2 aromatic rings. The Hall–Kier alpha value is -2.44. The zero-order valence-corrected chi connectivity index (χ0v) is 18.2.